The molecular formula is C15H26N4O. The van der Waals surface area contributed by atoms with E-state index in [9.17, 15) is 0 Å². The fourth-order valence-corrected chi connectivity index (χ4v) is 2.40. The van der Waals surface area contributed by atoms with Crippen LogP contribution in [-0.2, 0) is 11.3 Å². The van der Waals surface area contributed by atoms with Crippen molar-refractivity contribution in [2.45, 2.75) is 39.8 Å². The number of hydrogen-bond acceptors (Lipinski definition) is 5. The summed E-state index contributed by atoms with van der Waals surface area (Å²) in [5.74, 6) is 1.62. The van der Waals surface area contributed by atoms with Crippen LogP contribution in [0, 0.1) is 5.92 Å². The Morgan fingerprint density at radius 2 is 2.30 bits per heavy atom. The summed E-state index contributed by atoms with van der Waals surface area (Å²) in [5.41, 5.74) is 1.00. The standard InChI is InChI=1S/C15H26N4O/c1-4-14-11-20-6-5-19(14)15-10-17-9-13(18-15)8-16-7-12(2)3/h9-10,12,14,16H,4-8,11H2,1-3H3. The highest BCUT2D eigenvalue weighted by atomic mass is 16.5. The predicted octanol–water partition coefficient (Wildman–Crippen LogP) is 1.84. The highest BCUT2D eigenvalue weighted by Crippen LogP contribution is 2.18. The molecule has 0 spiro atoms. The molecule has 1 N–H and O–H groups in total. The second-order valence-corrected chi connectivity index (χ2v) is 5.72. The van der Waals surface area contributed by atoms with Gasteiger partial charge in [0.15, 0.2) is 0 Å². The number of morpholine rings is 1. The molecule has 1 aromatic rings. The molecule has 0 aromatic carbocycles. The molecule has 5 nitrogen and oxygen atoms in total. The average Bonchev–Trinajstić information content (AvgIpc) is 2.47. The molecule has 1 aliphatic heterocycles. The quantitative estimate of drug-likeness (QED) is 0.860. The summed E-state index contributed by atoms with van der Waals surface area (Å²) < 4.78 is 5.54. The van der Waals surface area contributed by atoms with Gasteiger partial charge in [0, 0.05) is 19.3 Å². The van der Waals surface area contributed by atoms with E-state index in [0.29, 0.717) is 12.0 Å². The average molecular weight is 278 g/mol. The molecule has 1 saturated heterocycles. The Morgan fingerprint density at radius 3 is 3.05 bits per heavy atom. The van der Waals surface area contributed by atoms with E-state index in [0.717, 1.165) is 50.8 Å². The van der Waals surface area contributed by atoms with Gasteiger partial charge in [0.1, 0.15) is 5.82 Å². The van der Waals surface area contributed by atoms with E-state index in [1.165, 1.54) is 0 Å². The molecule has 0 radical (unpaired) electrons. The van der Waals surface area contributed by atoms with Gasteiger partial charge in [-0.1, -0.05) is 20.8 Å². The van der Waals surface area contributed by atoms with Crippen LogP contribution in [0.15, 0.2) is 12.4 Å². The van der Waals surface area contributed by atoms with Gasteiger partial charge in [-0.05, 0) is 18.9 Å². The Hall–Kier alpha value is -1.20. The van der Waals surface area contributed by atoms with Gasteiger partial charge in [-0.25, -0.2) is 4.98 Å². The maximum Gasteiger partial charge on any atom is 0.147 e. The minimum absolute atomic E-state index is 0.414. The summed E-state index contributed by atoms with van der Waals surface area (Å²) in [7, 11) is 0. The molecule has 112 valence electrons. The van der Waals surface area contributed by atoms with Crippen LogP contribution in [0.1, 0.15) is 32.9 Å². The minimum atomic E-state index is 0.414. The molecule has 1 atom stereocenters. The van der Waals surface area contributed by atoms with Crippen molar-refractivity contribution in [1.29, 1.82) is 0 Å². The molecule has 1 fully saturated rings. The molecule has 1 unspecified atom stereocenters. The van der Waals surface area contributed by atoms with E-state index in [2.05, 4.69) is 36.0 Å². The van der Waals surface area contributed by atoms with Gasteiger partial charge >= 0.3 is 0 Å². The van der Waals surface area contributed by atoms with Crippen LogP contribution >= 0.6 is 0 Å². The van der Waals surface area contributed by atoms with Crippen molar-refractivity contribution in [1.82, 2.24) is 15.3 Å². The van der Waals surface area contributed by atoms with Gasteiger partial charge in [-0.15, -0.1) is 0 Å². The van der Waals surface area contributed by atoms with Crippen LogP contribution in [0.5, 0.6) is 0 Å². The second-order valence-electron chi connectivity index (χ2n) is 5.72. The lowest BCUT2D eigenvalue weighted by Gasteiger charge is -2.35. The number of rotatable bonds is 6. The number of nitrogens with zero attached hydrogens (tertiary/aromatic N) is 3. The first-order valence-corrected chi connectivity index (χ1v) is 7.56. The molecule has 2 rings (SSSR count). The van der Waals surface area contributed by atoms with Gasteiger partial charge in [0.2, 0.25) is 0 Å². The SMILES string of the molecule is CCC1COCCN1c1cncc(CNCC(C)C)n1. The first-order chi connectivity index (χ1) is 9.70. The van der Waals surface area contributed by atoms with Crippen LogP contribution in [-0.4, -0.2) is 42.3 Å². The maximum atomic E-state index is 5.54. The van der Waals surface area contributed by atoms with E-state index >= 15 is 0 Å². The summed E-state index contributed by atoms with van der Waals surface area (Å²) >= 11 is 0. The third-order valence-electron chi connectivity index (χ3n) is 3.52. The number of nitrogens with one attached hydrogen (secondary N) is 1. The summed E-state index contributed by atoms with van der Waals surface area (Å²) in [6, 6.07) is 0.414. The number of anilines is 1. The second kappa shape index (κ2) is 7.55. The van der Waals surface area contributed by atoms with Crippen LogP contribution in [0.2, 0.25) is 0 Å². The Bertz CT molecular complexity index is 411. The fraction of sp³-hybridized carbons (Fsp3) is 0.733. The Balaban J connectivity index is 2.00. The number of ether oxygens (including phenoxy) is 1. The van der Waals surface area contributed by atoms with Crippen LogP contribution in [0.3, 0.4) is 0 Å². The largest absolute Gasteiger partial charge is 0.377 e. The number of hydrogen-bond donors (Lipinski definition) is 1. The zero-order chi connectivity index (χ0) is 14.4. The third-order valence-corrected chi connectivity index (χ3v) is 3.52. The lowest BCUT2D eigenvalue weighted by molar-refractivity contribution is 0.0925. The van der Waals surface area contributed by atoms with E-state index in [4.69, 9.17) is 9.72 Å². The molecule has 1 aliphatic rings. The molecule has 1 aromatic heterocycles. The van der Waals surface area contributed by atoms with Gasteiger partial charge in [-0.2, -0.15) is 0 Å². The molecule has 20 heavy (non-hydrogen) atoms. The molecule has 0 amide bonds. The zero-order valence-electron chi connectivity index (χ0n) is 12.8. The van der Waals surface area contributed by atoms with Gasteiger partial charge < -0.3 is 15.0 Å². The van der Waals surface area contributed by atoms with Crippen molar-refractivity contribution in [2.24, 2.45) is 5.92 Å². The zero-order valence-corrected chi connectivity index (χ0v) is 12.8. The Labute approximate surface area is 121 Å². The Kier molecular flexibility index (Phi) is 5.73. The van der Waals surface area contributed by atoms with E-state index in [1.54, 1.807) is 0 Å². The van der Waals surface area contributed by atoms with Crippen molar-refractivity contribution in [3.05, 3.63) is 18.1 Å². The van der Waals surface area contributed by atoms with E-state index in [1.807, 2.05) is 12.4 Å². The monoisotopic (exact) mass is 278 g/mol. The lowest BCUT2D eigenvalue weighted by atomic mass is 10.2. The molecule has 2 heterocycles. The van der Waals surface area contributed by atoms with Crippen molar-refractivity contribution in [3.8, 4) is 0 Å². The van der Waals surface area contributed by atoms with Crippen molar-refractivity contribution < 1.29 is 4.74 Å². The highest BCUT2D eigenvalue weighted by Gasteiger charge is 2.22. The first kappa shape index (κ1) is 15.2. The molecule has 0 saturated carbocycles. The van der Waals surface area contributed by atoms with E-state index in [-0.39, 0.29) is 0 Å². The number of aromatic nitrogens is 2. The summed E-state index contributed by atoms with van der Waals surface area (Å²) in [6.07, 6.45) is 4.77. The maximum absolute atomic E-state index is 5.54. The lowest BCUT2D eigenvalue weighted by Crippen LogP contribution is -2.45. The predicted molar refractivity (Wildman–Crippen MR) is 80.8 cm³/mol. The van der Waals surface area contributed by atoms with Crippen LogP contribution < -0.4 is 10.2 Å². The molecule has 5 heteroatoms. The topological polar surface area (TPSA) is 50.3 Å². The normalized spacial score (nSPS) is 19.6. The van der Waals surface area contributed by atoms with Gasteiger partial charge in [0.05, 0.1) is 31.1 Å². The summed E-state index contributed by atoms with van der Waals surface area (Å²) in [6.45, 7) is 10.8. The van der Waals surface area contributed by atoms with Crippen LogP contribution in [0.25, 0.3) is 0 Å². The summed E-state index contributed by atoms with van der Waals surface area (Å²) in [4.78, 5) is 11.4. The van der Waals surface area contributed by atoms with Crippen molar-refractivity contribution >= 4 is 5.82 Å². The molecular weight excluding hydrogens is 252 g/mol. The van der Waals surface area contributed by atoms with Crippen molar-refractivity contribution in [3.63, 3.8) is 0 Å². The first-order valence-electron chi connectivity index (χ1n) is 7.56. The molecule has 0 aliphatic carbocycles. The fourth-order valence-electron chi connectivity index (χ4n) is 2.40. The van der Waals surface area contributed by atoms with Crippen molar-refractivity contribution in [2.75, 3.05) is 31.2 Å². The Morgan fingerprint density at radius 1 is 1.45 bits per heavy atom. The van der Waals surface area contributed by atoms with Gasteiger partial charge in [0.25, 0.3) is 0 Å². The van der Waals surface area contributed by atoms with Crippen LogP contribution in [0.4, 0.5) is 5.82 Å². The van der Waals surface area contributed by atoms with E-state index < -0.39 is 0 Å². The third kappa shape index (κ3) is 4.15. The highest BCUT2D eigenvalue weighted by molar-refractivity contribution is 5.38. The molecule has 0 bridgehead atoms. The smallest absolute Gasteiger partial charge is 0.147 e. The van der Waals surface area contributed by atoms with Gasteiger partial charge in [-0.3, -0.25) is 4.98 Å². The summed E-state index contributed by atoms with van der Waals surface area (Å²) in [5, 5.41) is 3.41. The minimum Gasteiger partial charge on any atom is -0.377 e.